The average Bonchev–Trinajstić information content (AvgIpc) is 2.67. The third-order valence-electron chi connectivity index (χ3n) is 4.19. The fourth-order valence-corrected chi connectivity index (χ4v) is 2.73. The second-order valence-electron chi connectivity index (χ2n) is 6.35. The number of rotatable bonds is 8. The fraction of sp³-hybridized carbons (Fsp3) is 0.333. The van der Waals surface area contributed by atoms with Crippen LogP contribution >= 0.6 is 0 Å². The Bertz CT molecular complexity index is 777. The molecule has 0 aliphatic carbocycles. The van der Waals surface area contributed by atoms with Crippen LogP contribution in [0.3, 0.4) is 0 Å². The maximum absolute atomic E-state index is 12.3. The van der Waals surface area contributed by atoms with Crippen molar-refractivity contribution in [3.63, 3.8) is 0 Å². The highest BCUT2D eigenvalue weighted by Gasteiger charge is 2.16. The number of carbonyl (C=O) groups excluding carboxylic acids is 2. The van der Waals surface area contributed by atoms with Crippen molar-refractivity contribution in [1.29, 1.82) is 0 Å². The quantitative estimate of drug-likeness (QED) is 0.749. The number of hydrogen-bond acceptors (Lipinski definition) is 4. The highest BCUT2D eigenvalue weighted by Crippen LogP contribution is 2.29. The third-order valence-corrected chi connectivity index (χ3v) is 4.19. The van der Waals surface area contributed by atoms with Crippen LogP contribution in [0.4, 0.5) is 0 Å². The maximum atomic E-state index is 12.3. The van der Waals surface area contributed by atoms with Crippen LogP contribution in [-0.4, -0.2) is 32.1 Å². The van der Waals surface area contributed by atoms with E-state index in [1.807, 2.05) is 32.0 Å². The molecule has 2 unspecified atom stereocenters. The topological polar surface area (TPSA) is 76.7 Å². The molecule has 0 saturated heterocycles. The van der Waals surface area contributed by atoms with Gasteiger partial charge in [0.2, 0.25) is 5.91 Å². The van der Waals surface area contributed by atoms with E-state index in [9.17, 15) is 9.59 Å². The first-order chi connectivity index (χ1) is 12.9. The van der Waals surface area contributed by atoms with E-state index >= 15 is 0 Å². The minimum atomic E-state index is -0.282. The van der Waals surface area contributed by atoms with Gasteiger partial charge in [-0.15, -0.1) is 0 Å². The molecule has 2 aromatic rings. The van der Waals surface area contributed by atoms with Gasteiger partial charge in [-0.05, 0) is 43.7 Å². The van der Waals surface area contributed by atoms with Gasteiger partial charge in [-0.3, -0.25) is 9.59 Å². The summed E-state index contributed by atoms with van der Waals surface area (Å²) in [6, 6.07) is 14.0. The Kier molecular flexibility index (Phi) is 7.23. The molecule has 0 spiro atoms. The molecular formula is C21H26N2O4. The molecular weight excluding hydrogens is 344 g/mol. The molecule has 0 bridgehead atoms. The predicted octanol–water partition coefficient (Wildman–Crippen LogP) is 3.09. The molecule has 2 N–H and O–H groups in total. The molecule has 2 amide bonds. The molecule has 0 heterocycles. The second-order valence-corrected chi connectivity index (χ2v) is 6.35. The normalized spacial score (nSPS) is 12.6. The van der Waals surface area contributed by atoms with Gasteiger partial charge in [0, 0.05) is 18.0 Å². The largest absolute Gasteiger partial charge is 0.493 e. The summed E-state index contributed by atoms with van der Waals surface area (Å²) in [5.74, 6) is 0.915. The summed E-state index contributed by atoms with van der Waals surface area (Å²) in [6.07, 6.45) is 0.191. The number of carbonyl (C=O) groups is 2. The van der Waals surface area contributed by atoms with Crippen LogP contribution in [0.25, 0.3) is 0 Å². The van der Waals surface area contributed by atoms with E-state index in [1.165, 1.54) is 0 Å². The Morgan fingerprint density at radius 3 is 2.22 bits per heavy atom. The van der Waals surface area contributed by atoms with Crippen LogP contribution in [0.15, 0.2) is 48.5 Å². The molecule has 0 aliphatic heterocycles. The third kappa shape index (κ3) is 5.74. The number of benzene rings is 2. The zero-order valence-electron chi connectivity index (χ0n) is 16.1. The molecule has 2 rings (SSSR count). The van der Waals surface area contributed by atoms with Gasteiger partial charge in [-0.1, -0.05) is 24.3 Å². The van der Waals surface area contributed by atoms with E-state index in [-0.39, 0.29) is 30.3 Å². The van der Waals surface area contributed by atoms with Gasteiger partial charge in [0.25, 0.3) is 5.91 Å². The molecule has 0 aliphatic rings. The molecule has 2 aromatic carbocycles. The highest BCUT2D eigenvalue weighted by atomic mass is 16.5. The van der Waals surface area contributed by atoms with Gasteiger partial charge in [-0.2, -0.15) is 0 Å². The van der Waals surface area contributed by atoms with E-state index in [4.69, 9.17) is 9.47 Å². The van der Waals surface area contributed by atoms with Crippen molar-refractivity contribution in [2.24, 2.45) is 0 Å². The van der Waals surface area contributed by atoms with Crippen LogP contribution in [0.5, 0.6) is 11.5 Å². The smallest absolute Gasteiger partial charge is 0.251 e. The van der Waals surface area contributed by atoms with Gasteiger partial charge in [0.1, 0.15) is 0 Å². The summed E-state index contributed by atoms with van der Waals surface area (Å²) in [6.45, 7) is 3.70. The van der Waals surface area contributed by atoms with E-state index in [0.29, 0.717) is 17.1 Å². The van der Waals surface area contributed by atoms with Crippen molar-refractivity contribution in [2.75, 3.05) is 14.2 Å². The summed E-state index contributed by atoms with van der Waals surface area (Å²) in [5, 5.41) is 5.78. The lowest BCUT2D eigenvalue weighted by Gasteiger charge is -2.18. The molecule has 0 saturated carbocycles. The molecule has 0 aromatic heterocycles. The zero-order chi connectivity index (χ0) is 19.8. The zero-order valence-corrected chi connectivity index (χ0v) is 16.1. The average molecular weight is 370 g/mol. The van der Waals surface area contributed by atoms with Crippen molar-refractivity contribution in [3.8, 4) is 11.5 Å². The Morgan fingerprint density at radius 2 is 1.59 bits per heavy atom. The van der Waals surface area contributed by atoms with Crippen LogP contribution < -0.4 is 20.1 Å². The Balaban J connectivity index is 1.90. The van der Waals surface area contributed by atoms with E-state index in [2.05, 4.69) is 10.6 Å². The van der Waals surface area contributed by atoms with E-state index < -0.39 is 0 Å². The first-order valence-electron chi connectivity index (χ1n) is 8.81. The first kappa shape index (κ1) is 20.3. The molecule has 27 heavy (non-hydrogen) atoms. The summed E-state index contributed by atoms with van der Waals surface area (Å²) >= 11 is 0. The van der Waals surface area contributed by atoms with Crippen LogP contribution in [0.1, 0.15) is 42.2 Å². The molecule has 0 radical (unpaired) electrons. The predicted molar refractivity (Wildman–Crippen MR) is 104 cm³/mol. The van der Waals surface area contributed by atoms with Crippen LogP contribution in [0.2, 0.25) is 0 Å². The highest BCUT2D eigenvalue weighted by molar-refractivity contribution is 5.94. The number of methoxy groups -OCH3 is 2. The standard InChI is InChI=1S/C21H26N2O4/c1-14(22-21(25)16-8-6-5-7-9-16)12-20(24)23-15(2)17-10-11-18(26-3)19(13-17)27-4/h5-11,13-15H,12H2,1-4H3,(H,22,25)(H,23,24). The summed E-state index contributed by atoms with van der Waals surface area (Å²) in [5.41, 5.74) is 1.48. The van der Waals surface area contributed by atoms with Crippen molar-refractivity contribution >= 4 is 11.8 Å². The molecule has 0 fully saturated rings. The lowest BCUT2D eigenvalue weighted by atomic mass is 10.1. The number of amides is 2. The van der Waals surface area contributed by atoms with Gasteiger partial charge in [0.15, 0.2) is 11.5 Å². The molecule has 6 nitrogen and oxygen atoms in total. The van der Waals surface area contributed by atoms with Gasteiger partial charge in [-0.25, -0.2) is 0 Å². The molecule has 2 atom stereocenters. The van der Waals surface area contributed by atoms with Gasteiger partial charge >= 0.3 is 0 Å². The Labute approximate surface area is 159 Å². The Hall–Kier alpha value is -3.02. The van der Waals surface area contributed by atoms with Crippen molar-refractivity contribution < 1.29 is 19.1 Å². The number of ether oxygens (including phenoxy) is 2. The van der Waals surface area contributed by atoms with Crippen LogP contribution in [0, 0.1) is 0 Å². The molecule has 6 heteroatoms. The number of hydrogen-bond donors (Lipinski definition) is 2. The SMILES string of the molecule is COc1ccc(C(C)NC(=O)CC(C)NC(=O)c2ccccc2)cc1OC. The second kappa shape index (κ2) is 9.62. The first-order valence-corrected chi connectivity index (χ1v) is 8.81. The lowest BCUT2D eigenvalue weighted by Crippen LogP contribution is -2.37. The van der Waals surface area contributed by atoms with E-state index in [1.54, 1.807) is 44.6 Å². The van der Waals surface area contributed by atoms with E-state index in [0.717, 1.165) is 5.56 Å². The van der Waals surface area contributed by atoms with Crippen LogP contribution in [-0.2, 0) is 4.79 Å². The van der Waals surface area contributed by atoms with Crippen molar-refractivity contribution in [3.05, 3.63) is 59.7 Å². The summed E-state index contributed by atoms with van der Waals surface area (Å²) in [4.78, 5) is 24.5. The van der Waals surface area contributed by atoms with Crippen molar-refractivity contribution in [1.82, 2.24) is 10.6 Å². The van der Waals surface area contributed by atoms with Gasteiger partial charge in [0.05, 0.1) is 20.3 Å². The molecule has 144 valence electrons. The van der Waals surface area contributed by atoms with Gasteiger partial charge < -0.3 is 20.1 Å². The summed E-state index contributed by atoms with van der Waals surface area (Å²) in [7, 11) is 3.15. The summed E-state index contributed by atoms with van der Waals surface area (Å²) < 4.78 is 10.5. The minimum absolute atomic E-state index is 0.141. The Morgan fingerprint density at radius 1 is 0.926 bits per heavy atom. The minimum Gasteiger partial charge on any atom is -0.493 e. The lowest BCUT2D eigenvalue weighted by molar-refractivity contribution is -0.122. The number of nitrogens with one attached hydrogen (secondary N) is 2. The van der Waals surface area contributed by atoms with Crippen molar-refractivity contribution in [2.45, 2.75) is 32.4 Å². The maximum Gasteiger partial charge on any atom is 0.251 e. The fourth-order valence-electron chi connectivity index (χ4n) is 2.73. The monoisotopic (exact) mass is 370 g/mol.